The van der Waals surface area contributed by atoms with Crippen molar-refractivity contribution in [2.24, 2.45) is 5.92 Å². The number of carbonyl (C=O) groups is 2. The second-order valence-corrected chi connectivity index (χ2v) is 7.66. The Hall–Kier alpha value is -2.62. The Kier molecular flexibility index (Phi) is 5.94. The van der Waals surface area contributed by atoms with Gasteiger partial charge < -0.3 is 10.6 Å². The van der Waals surface area contributed by atoms with Crippen LogP contribution >= 0.6 is 0 Å². The minimum atomic E-state index is -0.564. The van der Waals surface area contributed by atoms with Crippen molar-refractivity contribution in [2.45, 2.75) is 52.1 Å². The summed E-state index contributed by atoms with van der Waals surface area (Å²) in [5.41, 5.74) is 4.02. The molecule has 2 atom stereocenters. The van der Waals surface area contributed by atoms with Crippen molar-refractivity contribution in [3.05, 3.63) is 70.8 Å². The average molecular weight is 364 g/mol. The van der Waals surface area contributed by atoms with E-state index in [9.17, 15) is 9.59 Å². The number of nitrogens with one attached hydrogen (secondary N) is 2. The number of benzene rings is 2. The molecule has 2 amide bonds. The summed E-state index contributed by atoms with van der Waals surface area (Å²) in [7, 11) is 0. The van der Waals surface area contributed by atoms with Gasteiger partial charge in [-0.05, 0) is 54.9 Å². The zero-order valence-electron chi connectivity index (χ0n) is 16.3. The normalized spacial score (nSPS) is 17.1. The van der Waals surface area contributed by atoms with Crippen LogP contribution < -0.4 is 10.6 Å². The minimum absolute atomic E-state index is 0.00296. The molecular weight excluding hydrogens is 336 g/mol. The summed E-state index contributed by atoms with van der Waals surface area (Å²) in [5, 5.41) is 6.11. The van der Waals surface area contributed by atoms with Crippen LogP contribution in [0.1, 0.15) is 59.8 Å². The maximum Gasteiger partial charge on any atom is 0.252 e. The summed E-state index contributed by atoms with van der Waals surface area (Å²) in [5.74, 6) is -0.323. The maximum atomic E-state index is 13.0. The van der Waals surface area contributed by atoms with Gasteiger partial charge in [0, 0.05) is 5.56 Å². The maximum absolute atomic E-state index is 13.0. The highest BCUT2D eigenvalue weighted by Crippen LogP contribution is 2.29. The van der Waals surface area contributed by atoms with E-state index in [2.05, 4.69) is 22.8 Å². The number of carbonyl (C=O) groups excluding carboxylic acids is 2. The molecule has 0 saturated carbocycles. The molecule has 0 bridgehead atoms. The molecule has 142 valence electrons. The monoisotopic (exact) mass is 364 g/mol. The second-order valence-electron chi connectivity index (χ2n) is 7.66. The highest BCUT2D eigenvalue weighted by Gasteiger charge is 2.29. The van der Waals surface area contributed by atoms with E-state index in [-0.39, 0.29) is 23.8 Å². The Balaban J connectivity index is 1.73. The fourth-order valence-corrected chi connectivity index (χ4v) is 3.75. The topological polar surface area (TPSA) is 58.2 Å². The van der Waals surface area contributed by atoms with Crippen molar-refractivity contribution >= 4 is 11.8 Å². The molecule has 1 aliphatic carbocycles. The first kappa shape index (κ1) is 19.2. The lowest BCUT2D eigenvalue weighted by atomic mass is 9.87. The van der Waals surface area contributed by atoms with E-state index in [1.165, 1.54) is 11.1 Å². The number of fused-ring (bicyclic) bond motifs is 1. The minimum Gasteiger partial charge on any atom is -0.347 e. The largest absolute Gasteiger partial charge is 0.347 e. The van der Waals surface area contributed by atoms with Crippen molar-refractivity contribution in [1.82, 2.24) is 10.6 Å². The zero-order valence-corrected chi connectivity index (χ0v) is 16.3. The van der Waals surface area contributed by atoms with Gasteiger partial charge in [-0.1, -0.05) is 56.3 Å². The van der Waals surface area contributed by atoms with Crippen molar-refractivity contribution in [1.29, 1.82) is 0 Å². The molecule has 0 fully saturated rings. The van der Waals surface area contributed by atoms with E-state index in [4.69, 9.17) is 0 Å². The Morgan fingerprint density at radius 3 is 2.48 bits per heavy atom. The molecule has 4 heteroatoms. The third-order valence-corrected chi connectivity index (χ3v) is 5.31. The van der Waals surface area contributed by atoms with Crippen LogP contribution in [-0.2, 0) is 11.2 Å². The van der Waals surface area contributed by atoms with Gasteiger partial charge in [0.2, 0.25) is 5.91 Å². The molecule has 2 N–H and O–H groups in total. The molecule has 2 aromatic rings. The van der Waals surface area contributed by atoms with Crippen LogP contribution in [0.5, 0.6) is 0 Å². The summed E-state index contributed by atoms with van der Waals surface area (Å²) >= 11 is 0. The van der Waals surface area contributed by atoms with Crippen LogP contribution in [0.15, 0.2) is 48.5 Å². The zero-order chi connectivity index (χ0) is 19.4. The predicted molar refractivity (Wildman–Crippen MR) is 108 cm³/mol. The van der Waals surface area contributed by atoms with Gasteiger partial charge in [0.15, 0.2) is 0 Å². The van der Waals surface area contributed by atoms with Crippen LogP contribution in [0.3, 0.4) is 0 Å². The van der Waals surface area contributed by atoms with Crippen molar-refractivity contribution in [3.8, 4) is 0 Å². The van der Waals surface area contributed by atoms with Crippen molar-refractivity contribution in [2.75, 3.05) is 0 Å². The fourth-order valence-electron chi connectivity index (χ4n) is 3.75. The number of hydrogen-bond acceptors (Lipinski definition) is 2. The van der Waals surface area contributed by atoms with Gasteiger partial charge in [0.1, 0.15) is 6.04 Å². The predicted octanol–water partition coefficient (Wildman–Crippen LogP) is 3.94. The van der Waals surface area contributed by atoms with E-state index in [1.807, 2.05) is 51.1 Å². The van der Waals surface area contributed by atoms with Gasteiger partial charge in [-0.15, -0.1) is 0 Å². The van der Waals surface area contributed by atoms with Crippen LogP contribution in [0.4, 0.5) is 0 Å². The number of rotatable bonds is 5. The van der Waals surface area contributed by atoms with E-state index >= 15 is 0 Å². The molecular formula is C23H28N2O2. The molecule has 2 aromatic carbocycles. The van der Waals surface area contributed by atoms with E-state index < -0.39 is 6.04 Å². The van der Waals surface area contributed by atoms with Gasteiger partial charge >= 0.3 is 0 Å². The molecule has 0 unspecified atom stereocenters. The standard InChI is InChI=1S/C23H28N2O2/c1-15(2)21(25-22(26)18-12-6-4-9-16(18)3)23(27)24-20-14-8-11-17-10-5-7-13-19(17)20/h4-7,9-10,12-13,15,20-21H,8,11,14H2,1-3H3,(H,24,27)(H,25,26)/t20-,21+/m1/s1. The Labute approximate surface area is 161 Å². The lowest BCUT2D eigenvalue weighted by molar-refractivity contribution is -0.124. The molecule has 1 aliphatic rings. The Morgan fingerprint density at radius 2 is 1.74 bits per heavy atom. The summed E-state index contributed by atoms with van der Waals surface area (Å²) < 4.78 is 0. The number of amides is 2. The third kappa shape index (κ3) is 4.38. The van der Waals surface area contributed by atoms with Gasteiger partial charge in [0.25, 0.3) is 5.91 Å². The summed E-state index contributed by atoms with van der Waals surface area (Å²) in [6, 6.07) is 15.2. The van der Waals surface area contributed by atoms with Crippen molar-refractivity contribution in [3.63, 3.8) is 0 Å². The van der Waals surface area contributed by atoms with Crippen molar-refractivity contribution < 1.29 is 9.59 Å². The molecule has 0 aromatic heterocycles. The summed E-state index contributed by atoms with van der Waals surface area (Å²) in [6.45, 7) is 5.81. The van der Waals surface area contributed by atoms with E-state index in [1.54, 1.807) is 6.07 Å². The number of aryl methyl sites for hydroxylation is 2. The average Bonchev–Trinajstić information content (AvgIpc) is 2.66. The van der Waals surface area contributed by atoms with Crippen LogP contribution in [0.2, 0.25) is 0 Å². The van der Waals surface area contributed by atoms with Gasteiger partial charge in [-0.3, -0.25) is 9.59 Å². The van der Waals surface area contributed by atoms with Gasteiger partial charge in [0.05, 0.1) is 6.04 Å². The molecule has 0 heterocycles. The second kappa shape index (κ2) is 8.38. The molecule has 4 nitrogen and oxygen atoms in total. The third-order valence-electron chi connectivity index (χ3n) is 5.31. The SMILES string of the molecule is Cc1ccccc1C(=O)N[C@H](C(=O)N[C@@H]1CCCc2ccccc21)C(C)C. The molecule has 27 heavy (non-hydrogen) atoms. The molecule has 0 aliphatic heterocycles. The lowest BCUT2D eigenvalue weighted by Gasteiger charge is -2.29. The first-order valence-electron chi connectivity index (χ1n) is 9.72. The van der Waals surface area contributed by atoms with Crippen LogP contribution in [-0.4, -0.2) is 17.9 Å². The van der Waals surface area contributed by atoms with Crippen LogP contribution in [0, 0.1) is 12.8 Å². The molecule has 3 rings (SSSR count). The molecule has 0 saturated heterocycles. The van der Waals surface area contributed by atoms with E-state index in [0.717, 1.165) is 24.8 Å². The summed E-state index contributed by atoms with van der Waals surface area (Å²) in [4.78, 5) is 25.7. The quantitative estimate of drug-likeness (QED) is 0.844. The highest BCUT2D eigenvalue weighted by atomic mass is 16.2. The Morgan fingerprint density at radius 1 is 1.04 bits per heavy atom. The van der Waals surface area contributed by atoms with Gasteiger partial charge in [-0.25, -0.2) is 0 Å². The first-order chi connectivity index (χ1) is 13.0. The van der Waals surface area contributed by atoms with Crippen LogP contribution in [0.25, 0.3) is 0 Å². The Bertz CT molecular complexity index is 829. The molecule has 0 radical (unpaired) electrons. The lowest BCUT2D eigenvalue weighted by Crippen LogP contribution is -2.50. The van der Waals surface area contributed by atoms with Gasteiger partial charge in [-0.2, -0.15) is 0 Å². The molecule has 0 spiro atoms. The first-order valence-corrected chi connectivity index (χ1v) is 9.72. The number of hydrogen-bond donors (Lipinski definition) is 2. The fraction of sp³-hybridized carbons (Fsp3) is 0.391. The summed E-state index contributed by atoms with van der Waals surface area (Å²) in [6.07, 6.45) is 3.04. The smallest absolute Gasteiger partial charge is 0.252 e. The highest BCUT2D eigenvalue weighted by molar-refractivity contribution is 5.98. The van der Waals surface area contributed by atoms with E-state index in [0.29, 0.717) is 5.56 Å².